The predicted octanol–water partition coefficient (Wildman–Crippen LogP) is 4.62. The van der Waals surface area contributed by atoms with Gasteiger partial charge in [0.1, 0.15) is 10.6 Å². The molecule has 0 aromatic carbocycles. The molecule has 9 heteroatoms. The molecule has 1 aliphatic heterocycles. The third-order valence-electron chi connectivity index (χ3n) is 4.44. The van der Waals surface area contributed by atoms with E-state index < -0.39 is 0 Å². The average Bonchev–Trinajstić information content (AvgIpc) is 3.36. The number of nitrogens with zero attached hydrogens (tertiary/aromatic N) is 2. The van der Waals surface area contributed by atoms with Crippen molar-refractivity contribution in [3.8, 4) is 10.8 Å². The molecule has 4 heterocycles. The summed E-state index contributed by atoms with van der Waals surface area (Å²) in [5.74, 6) is 1.89. The summed E-state index contributed by atoms with van der Waals surface area (Å²) in [5.41, 5.74) is 0.701. The monoisotopic (exact) mass is 424 g/mol. The molecule has 0 radical (unpaired) electrons. The number of halogens is 1. The average molecular weight is 425 g/mol. The fourth-order valence-electron chi connectivity index (χ4n) is 3.06. The van der Waals surface area contributed by atoms with E-state index in [1.165, 1.54) is 16.2 Å². The molecule has 0 atom stereocenters. The number of carbonyl (C=O) groups excluding carboxylic acids is 1. The largest absolute Gasteiger partial charge is 0.459 e. The molecule has 1 saturated heterocycles. The third kappa shape index (κ3) is 4.40. The Morgan fingerprint density at radius 3 is 2.74 bits per heavy atom. The second-order valence-corrected chi connectivity index (χ2v) is 8.45. The van der Waals surface area contributed by atoms with Crippen molar-refractivity contribution in [3.05, 3.63) is 39.5 Å². The number of nitrogens with one attached hydrogen (secondary N) is 2. The van der Waals surface area contributed by atoms with Crippen LogP contribution in [0.25, 0.3) is 10.8 Å². The first-order valence-corrected chi connectivity index (χ1v) is 10.3. The standard InChI is InChI=1S/C18H20N4O2S2.ClH/c1-10-3-4-13(24-10)17-21-11(2)15(26-17)16(23)22-18-20-9-14(25-18)12-5-7-19-8-6-12;/h3-4,9,12,19H,5-8H2,1-2H3,(H,20,22,23);1H. The van der Waals surface area contributed by atoms with Crippen molar-refractivity contribution in [1.82, 2.24) is 15.3 Å². The number of hydrogen-bond donors (Lipinski definition) is 2. The molecule has 0 bridgehead atoms. The molecule has 6 nitrogen and oxygen atoms in total. The van der Waals surface area contributed by atoms with E-state index in [1.54, 1.807) is 11.3 Å². The zero-order chi connectivity index (χ0) is 18.1. The summed E-state index contributed by atoms with van der Waals surface area (Å²) in [6.45, 7) is 5.81. The first-order valence-electron chi connectivity index (χ1n) is 8.62. The van der Waals surface area contributed by atoms with Gasteiger partial charge >= 0.3 is 0 Å². The molecule has 1 aliphatic rings. The van der Waals surface area contributed by atoms with E-state index in [1.807, 2.05) is 32.2 Å². The molecule has 0 aliphatic carbocycles. The normalized spacial score (nSPS) is 14.7. The first kappa shape index (κ1) is 20.0. The zero-order valence-electron chi connectivity index (χ0n) is 15.1. The van der Waals surface area contributed by atoms with Crippen LogP contribution in [0.2, 0.25) is 0 Å². The van der Waals surface area contributed by atoms with E-state index in [0.29, 0.717) is 27.4 Å². The Morgan fingerprint density at radius 1 is 1.26 bits per heavy atom. The van der Waals surface area contributed by atoms with Crippen molar-refractivity contribution in [1.29, 1.82) is 0 Å². The maximum atomic E-state index is 12.7. The highest BCUT2D eigenvalue weighted by Crippen LogP contribution is 2.33. The molecule has 0 saturated carbocycles. The van der Waals surface area contributed by atoms with Crippen LogP contribution in [0.15, 0.2) is 22.7 Å². The summed E-state index contributed by atoms with van der Waals surface area (Å²) in [7, 11) is 0. The Hall–Kier alpha value is -1.74. The van der Waals surface area contributed by atoms with Gasteiger partial charge in [-0.3, -0.25) is 10.1 Å². The highest BCUT2D eigenvalue weighted by Gasteiger charge is 2.21. The molecule has 27 heavy (non-hydrogen) atoms. The number of aryl methyl sites for hydroxylation is 2. The summed E-state index contributed by atoms with van der Waals surface area (Å²) in [4.78, 5) is 23.4. The number of carbonyl (C=O) groups is 1. The van der Waals surface area contributed by atoms with Crippen LogP contribution in [-0.4, -0.2) is 29.0 Å². The molecule has 1 fully saturated rings. The van der Waals surface area contributed by atoms with Crippen molar-refractivity contribution in [2.45, 2.75) is 32.6 Å². The van der Waals surface area contributed by atoms with Crippen LogP contribution < -0.4 is 10.6 Å². The van der Waals surface area contributed by atoms with Gasteiger partial charge < -0.3 is 9.73 Å². The minimum Gasteiger partial charge on any atom is -0.459 e. The van der Waals surface area contributed by atoms with Crippen LogP contribution in [0.5, 0.6) is 0 Å². The molecule has 3 aromatic rings. The van der Waals surface area contributed by atoms with Crippen LogP contribution in [0.1, 0.15) is 44.8 Å². The number of piperidine rings is 1. The van der Waals surface area contributed by atoms with Gasteiger partial charge in [-0.15, -0.1) is 35.1 Å². The number of amides is 1. The Balaban J connectivity index is 0.00000210. The fraction of sp³-hybridized carbons (Fsp3) is 0.389. The lowest BCUT2D eigenvalue weighted by molar-refractivity contribution is 0.103. The SMILES string of the molecule is Cc1ccc(-c2nc(C)c(C(=O)Nc3ncc(C4CCNCC4)s3)s2)o1.Cl. The Labute approximate surface area is 171 Å². The van der Waals surface area contributed by atoms with Crippen LogP contribution >= 0.6 is 35.1 Å². The lowest BCUT2D eigenvalue weighted by Gasteiger charge is -2.20. The van der Waals surface area contributed by atoms with Crippen molar-refractivity contribution in [2.75, 3.05) is 18.4 Å². The zero-order valence-corrected chi connectivity index (χ0v) is 17.5. The molecule has 4 rings (SSSR count). The molecular weight excluding hydrogens is 404 g/mol. The van der Waals surface area contributed by atoms with Crippen molar-refractivity contribution < 1.29 is 9.21 Å². The van der Waals surface area contributed by atoms with Gasteiger partial charge in [-0.25, -0.2) is 9.97 Å². The molecule has 0 unspecified atom stereocenters. The predicted molar refractivity (Wildman–Crippen MR) is 111 cm³/mol. The highest BCUT2D eigenvalue weighted by atomic mass is 35.5. The number of aromatic nitrogens is 2. The maximum absolute atomic E-state index is 12.7. The fourth-order valence-corrected chi connectivity index (χ4v) is 4.96. The number of hydrogen-bond acceptors (Lipinski definition) is 7. The van der Waals surface area contributed by atoms with Gasteiger partial charge in [0.25, 0.3) is 5.91 Å². The van der Waals surface area contributed by atoms with Gasteiger partial charge in [0.05, 0.1) is 5.69 Å². The third-order valence-corrected chi connectivity index (χ3v) is 6.69. The van der Waals surface area contributed by atoms with Gasteiger partial charge in [-0.2, -0.15) is 0 Å². The summed E-state index contributed by atoms with van der Waals surface area (Å²) in [6.07, 6.45) is 4.14. The topological polar surface area (TPSA) is 80.0 Å². The minimum absolute atomic E-state index is 0. The van der Waals surface area contributed by atoms with E-state index in [0.717, 1.165) is 36.7 Å². The minimum atomic E-state index is -0.166. The Kier molecular flexibility index (Phi) is 6.31. The Bertz CT molecular complexity index is 928. The molecule has 144 valence electrons. The van der Waals surface area contributed by atoms with Gasteiger partial charge in [0.2, 0.25) is 0 Å². The summed E-state index contributed by atoms with van der Waals surface area (Å²) in [6, 6.07) is 3.77. The van der Waals surface area contributed by atoms with Gasteiger partial charge in [-0.1, -0.05) is 0 Å². The van der Waals surface area contributed by atoms with Crippen LogP contribution in [0.3, 0.4) is 0 Å². The van der Waals surface area contributed by atoms with Crippen LogP contribution in [-0.2, 0) is 0 Å². The van der Waals surface area contributed by atoms with Gasteiger partial charge in [-0.05, 0) is 57.8 Å². The first-order chi connectivity index (χ1) is 12.6. The molecule has 3 aromatic heterocycles. The van der Waals surface area contributed by atoms with Crippen LogP contribution in [0, 0.1) is 13.8 Å². The second-order valence-electron chi connectivity index (χ2n) is 6.39. The molecular formula is C18H21ClN4O2S2. The van der Waals surface area contributed by atoms with E-state index in [-0.39, 0.29) is 18.3 Å². The van der Waals surface area contributed by atoms with E-state index >= 15 is 0 Å². The highest BCUT2D eigenvalue weighted by molar-refractivity contribution is 7.17. The van der Waals surface area contributed by atoms with Crippen molar-refractivity contribution >= 4 is 46.1 Å². The number of anilines is 1. The number of furan rings is 1. The summed E-state index contributed by atoms with van der Waals surface area (Å²) in [5, 5.41) is 7.65. The van der Waals surface area contributed by atoms with Crippen molar-refractivity contribution in [3.63, 3.8) is 0 Å². The number of rotatable bonds is 4. The second kappa shape index (κ2) is 8.52. The smallest absolute Gasteiger partial charge is 0.269 e. The Morgan fingerprint density at radius 2 is 2.04 bits per heavy atom. The van der Waals surface area contributed by atoms with E-state index in [4.69, 9.17) is 4.42 Å². The number of thiazole rings is 2. The molecule has 2 N–H and O–H groups in total. The van der Waals surface area contributed by atoms with Crippen molar-refractivity contribution in [2.24, 2.45) is 0 Å². The molecule has 1 amide bonds. The molecule has 0 spiro atoms. The van der Waals surface area contributed by atoms with Gasteiger partial charge in [0, 0.05) is 11.1 Å². The maximum Gasteiger partial charge on any atom is 0.269 e. The summed E-state index contributed by atoms with van der Waals surface area (Å²) >= 11 is 2.91. The van der Waals surface area contributed by atoms with Gasteiger partial charge in [0.15, 0.2) is 15.9 Å². The van der Waals surface area contributed by atoms with E-state index in [9.17, 15) is 4.79 Å². The lowest BCUT2D eigenvalue weighted by atomic mass is 9.97. The summed E-state index contributed by atoms with van der Waals surface area (Å²) < 4.78 is 5.61. The van der Waals surface area contributed by atoms with E-state index in [2.05, 4.69) is 20.6 Å². The quantitative estimate of drug-likeness (QED) is 0.638. The van der Waals surface area contributed by atoms with Crippen LogP contribution in [0.4, 0.5) is 5.13 Å². The lowest BCUT2D eigenvalue weighted by Crippen LogP contribution is -2.26.